The summed E-state index contributed by atoms with van der Waals surface area (Å²) in [5.41, 5.74) is 2.32. The Hall–Kier alpha value is -2.27. The molecule has 4 aliphatic rings. The lowest BCUT2D eigenvalue weighted by atomic mass is 9.75. The molecule has 6 rings (SSSR count). The highest BCUT2D eigenvalue weighted by Crippen LogP contribution is 2.46. The van der Waals surface area contributed by atoms with E-state index in [1.54, 1.807) is 24.5 Å². The van der Waals surface area contributed by atoms with E-state index in [0.717, 1.165) is 37.2 Å². The summed E-state index contributed by atoms with van der Waals surface area (Å²) in [6.45, 7) is 3.01. The minimum Gasteiger partial charge on any atom is -0.337 e. The second-order valence-electron chi connectivity index (χ2n) is 8.41. The molecule has 146 valence electrons. The van der Waals surface area contributed by atoms with Crippen LogP contribution in [-0.2, 0) is 11.2 Å². The summed E-state index contributed by atoms with van der Waals surface area (Å²) in [5.74, 6) is 0.933. The number of rotatable bonds is 4. The third-order valence-corrected chi connectivity index (χ3v) is 6.99. The van der Waals surface area contributed by atoms with Gasteiger partial charge in [0.2, 0.25) is 5.91 Å². The number of pyridine rings is 1. The number of benzene rings is 1. The van der Waals surface area contributed by atoms with Gasteiger partial charge in [0.05, 0.1) is 6.04 Å². The van der Waals surface area contributed by atoms with Crippen molar-refractivity contribution in [2.45, 2.75) is 43.7 Å². The van der Waals surface area contributed by atoms with Crippen LogP contribution >= 0.6 is 0 Å². The largest absolute Gasteiger partial charge is 0.337 e. The Balaban J connectivity index is 1.38. The molecule has 1 aromatic heterocycles. The zero-order valence-corrected chi connectivity index (χ0v) is 16.0. The molecule has 2 aromatic rings. The summed E-state index contributed by atoms with van der Waals surface area (Å²) in [4.78, 5) is 22.0. The third kappa shape index (κ3) is 3.12. The number of hydrogen-bond acceptors (Lipinski definition) is 3. The van der Waals surface area contributed by atoms with Gasteiger partial charge in [-0.2, -0.15) is 0 Å². The van der Waals surface area contributed by atoms with Crippen molar-refractivity contribution in [3.05, 3.63) is 65.7 Å². The van der Waals surface area contributed by atoms with E-state index in [4.69, 9.17) is 0 Å². The van der Waals surface area contributed by atoms with Gasteiger partial charge in [-0.25, -0.2) is 4.39 Å². The van der Waals surface area contributed by atoms with E-state index in [-0.39, 0.29) is 17.6 Å². The molecule has 4 fully saturated rings. The van der Waals surface area contributed by atoms with Crippen molar-refractivity contribution in [2.24, 2.45) is 5.92 Å². The molecule has 5 heterocycles. The molecular weight excluding hydrogens is 353 g/mol. The van der Waals surface area contributed by atoms with E-state index in [1.165, 1.54) is 12.8 Å². The van der Waals surface area contributed by atoms with E-state index in [2.05, 4.69) is 14.8 Å². The average molecular weight is 379 g/mol. The number of likely N-dealkylation sites (tertiary alicyclic amines) is 1. The van der Waals surface area contributed by atoms with Crippen LogP contribution < -0.4 is 0 Å². The van der Waals surface area contributed by atoms with Crippen LogP contribution in [0.3, 0.4) is 0 Å². The molecule has 4 saturated heterocycles. The SMILES string of the molecule is O=C(CCc1ccncc1)N1C[C@@H](c2ccc(F)cc2)[C@@H]2[C@H]1C1CCN2CC1. The first-order valence-corrected chi connectivity index (χ1v) is 10.4. The van der Waals surface area contributed by atoms with Gasteiger partial charge in [0.25, 0.3) is 0 Å². The van der Waals surface area contributed by atoms with Crippen LogP contribution in [0.1, 0.15) is 36.3 Å². The number of aromatic nitrogens is 1. The molecule has 4 aliphatic heterocycles. The van der Waals surface area contributed by atoms with Crippen LogP contribution in [0.15, 0.2) is 48.8 Å². The first-order valence-electron chi connectivity index (χ1n) is 10.4. The molecule has 4 nitrogen and oxygen atoms in total. The fourth-order valence-electron chi connectivity index (χ4n) is 5.65. The van der Waals surface area contributed by atoms with Gasteiger partial charge < -0.3 is 4.90 Å². The summed E-state index contributed by atoms with van der Waals surface area (Å²) in [6.07, 6.45) is 7.23. The number of aryl methyl sites for hydroxylation is 1. The van der Waals surface area contributed by atoms with Crippen molar-refractivity contribution in [1.29, 1.82) is 0 Å². The number of fused-ring (bicyclic) bond motifs is 2. The maximum atomic E-state index is 13.4. The molecular formula is C23H26FN3O. The van der Waals surface area contributed by atoms with Crippen molar-refractivity contribution < 1.29 is 9.18 Å². The lowest BCUT2D eigenvalue weighted by molar-refractivity contribution is -0.135. The number of carbonyl (C=O) groups excluding carboxylic acids is 1. The van der Waals surface area contributed by atoms with Gasteiger partial charge in [-0.1, -0.05) is 12.1 Å². The monoisotopic (exact) mass is 379 g/mol. The molecule has 2 bridgehead atoms. The molecule has 28 heavy (non-hydrogen) atoms. The predicted octanol–water partition coefficient (Wildman–Crippen LogP) is 3.24. The normalized spacial score (nSPS) is 31.0. The van der Waals surface area contributed by atoms with E-state index in [0.29, 0.717) is 24.4 Å². The Labute approximate surface area is 165 Å². The Bertz CT molecular complexity index is 833. The fourth-order valence-corrected chi connectivity index (χ4v) is 5.65. The number of halogens is 1. The number of piperidine rings is 3. The summed E-state index contributed by atoms with van der Waals surface area (Å²) in [5, 5.41) is 0. The maximum Gasteiger partial charge on any atom is 0.223 e. The Kier molecular flexibility index (Phi) is 4.63. The van der Waals surface area contributed by atoms with Gasteiger partial charge in [0, 0.05) is 37.3 Å². The molecule has 0 aliphatic carbocycles. The van der Waals surface area contributed by atoms with Crippen molar-refractivity contribution in [2.75, 3.05) is 19.6 Å². The van der Waals surface area contributed by atoms with Gasteiger partial charge >= 0.3 is 0 Å². The third-order valence-electron chi connectivity index (χ3n) is 6.99. The highest BCUT2D eigenvalue weighted by atomic mass is 19.1. The number of nitrogens with zero attached hydrogens (tertiary/aromatic N) is 3. The first-order chi connectivity index (χ1) is 13.7. The molecule has 5 heteroatoms. The molecule has 1 amide bonds. The molecule has 0 spiro atoms. The highest BCUT2D eigenvalue weighted by molar-refractivity contribution is 5.77. The van der Waals surface area contributed by atoms with Crippen molar-refractivity contribution in [3.63, 3.8) is 0 Å². The van der Waals surface area contributed by atoms with Crippen molar-refractivity contribution in [3.8, 4) is 0 Å². The number of carbonyl (C=O) groups is 1. The van der Waals surface area contributed by atoms with Crippen LogP contribution in [0, 0.1) is 11.7 Å². The summed E-state index contributed by atoms with van der Waals surface area (Å²) in [6, 6.07) is 11.6. The van der Waals surface area contributed by atoms with E-state index < -0.39 is 0 Å². The standard InChI is InChI=1S/C23H26FN3O/c24-19-4-2-17(3-5-19)20-15-27(21(28)6-1-16-7-11-25-12-8-16)22-18-9-13-26(14-10-18)23(20)22/h2-5,7-8,11-12,18,20,22-23H,1,6,9-10,13-15H2/t20-,22+,23+/m0/s1. The molecule has 0 saturated carbocycles. The van der Waals surface area contributed by atoms with Crippen molar-refractivity contribution >= 4 is 5.91 Å². The predicted molar refractivity (Wildman–Crippen MR) is 105 cm³/mol. The van der Waals surface area contributed by atoms with E-state index >= 15 is 0 Å². The molecule has 0 N–H and O–H groups in total. The summed E-state index contributed by atoms with van der Waals surface area (Å²) >= 11 is 0. The van der Waals surface area contributed by atoms with Gasteiger partial charge in [0.1, 0.15) is 5.82 Å². The summed E-state index contributed by atoms with van der Waals surface area (Å²) < 4.78 is 13.4. The van der Waals surface area contributed by atoms with Crippen LogP contribution in [0.4, 0.5) is 4.39 Å². The smallest absolute Gasteiger partial charge is 0.223 e. The van der Waals surface area contributed by atoms with Crippen LogP contribution in [-0.4, -0.2) is 52.4 Å². The summed E-state index contributed by atoms with van der Waals surface area (Å²) in [7, 11) is 0. The minimum atomic E-state index is -0.200. The Morgan fingerprint density at radius 1 is 1.04 bits per heavy atom. The average Bonchev–Trinajstić information content (AvgIpc) is 3.17. The lowest BCUT2D eigenvalue weighted by Gasteiger charge is -2.51. The molecule has 0 radical (unpaired) electrons. The van der Waals surface area contributed by atoms with Gasteiger partial charge in [-0.05, 0) is 73.7 Å². The highest BCUT2D eigenvalue weighted by Gasteiger charge is 2.54. The van der Waals surface area contributed by atoms with Crippen LogP contribution in [0.2, 0.25) is 0 Å². The Morgan fingerprint density at radius 3 is 2.46 bits per heavy atom. The number of amides is 1. The molecule has 1 aromatic carbocycles. The van der Waals surface area contributed by atoms with E-state index in [9.17, 15) is 9.18 Å². The van der Waals surface area contributed by atoms with Crippen LogP contribution in [0.25, 0.3) is 0 Å². The molecule has 3 atom stereocenters. The fraction of sp³-hybridized carbons (Fsp3) is 0.478. The second-order valence-corrected chi connectivity index (χ2v) is 8.41. The van der Waals surface area contributed by atoms with Gasteiger partial charge in [-0.3, -0.25) is 14.7 Å². The van der Waals surface area contributed by atoms with E-state index in [1.807, 2.05) is 24.3 Å². The quantitative estimate of drug-likeness (QED) is 0.818. The topological polar surface area (TPSA) is 36.4 Å². The second kappa shape index (κ2) is 7.28. The van der Waals surface area contributed by atoms with Gasteiger partial charge in [-0.15, -0.1) is 0 Å². The zero-order valence-electron chi connectivity index (χ0n) is 16.0. The van der Waals surface area contributed by atoms with Crippen LogP contribution in [0.5, 0.6) is 0 Å². The van der Waals surface area contributed by atoms with Crippen molar-refractivity contribution in [1.82, 2.24) is 14.8 Å². The maximum absolute atomic E-state index is 13.4. The first kappa shape index (κ1) is 17.8. The minimum absolute atomic E-state index is 0.200. The molecule has 0 unspecified atom stereocenters. The Morgan fingerprint density at radius 2 is 1.75 bits per heavy atom. The van der Waals surface area contributed by atoms with Gasteiger partial charge in [0.15, 0.2) is 0 Å². The lowest BCUT2D eigenvalue weighted by Crippen LogP contribution is -2.60. The zero-order chi connectivity index (χ0) is 19.1. The number of hydrogen-bond donors (Lipinski definition) is 0.